The molecule has 0 bridgehead atoms. The first-order chi connectivity index (χ1) is 3.13. The molecule has 0 saturated heterocycles. The van der Waals surface area contributed by atoms with Gasteiger partial charge in [0.2, 0.25) is 0 Å². The van der Waals surface area contributed by atoms with E-state index in [-0.39, 0.29) is 52.1 Å². The van der Waals surface area contributed by atoms with Gasteiger partial charge < -0.3 is 0 Å². The smallest absolute Gasteiger partial charge is 0.137 e. The number of carbonyl (C=O) groups excluding carboxylic acids is 2. The van der Waals surface area contributed by atoms with Crippen LogP contribution in [0.2, 0.25) is 0 Å². The summed E-state index contributed by atoms with van der Waals surface area (Å²) >= 11 is 0. The number of rotatable bonds is 2. The van der Waals surface area contributed by atoms with E-state index in [4.69, 9.17) is 0 Å². The third-order valence-corrected chi connectivity index (χ3v) is 0.498. The van der Waals surface area contributed by atoms with Crippen LogP contribution in [-0.2, 0) is 43.7 Å². The molecule has 2 radical (unpaired) electrons. The van der Waals surface area contributed by atoms with Gasteiger partial charge in [0.25, 0.3) is 0 Å². The number of carbonyl (C=O) groups is 2. The number of Topliss-reactive ketones (excluding diaryl/α,β-unsaturated/α-hetero) is 2. The fourth-order valence-electron chi connectivity index (χ4n) is 0.351. The standard InChI is InChI=1S/C5H8O2.2Mn/c1-4(6)3-5(2)7;;/h3H2,1-2H3;;. The minimum Gasteiger partial charge on any atom is -0.300 e. The third-order valence-electron chi connectivity index (χ3n) is 0.498. The van der Waals surface area contributed by atoms with Gasteiger partial charge in [0.05, 0.1) is 6.42 Å². The second-order valence-electron chi connectivity index (χ2n) is 1.58. The van der Waals surface area contributed by atoms with E-state index in [2.05, 4.69) is 0 Å². The average Bonchev–Trinajstić information content (AvgIpc) is 1.27. The van der Waals surface area contributed by atoms with Gasteiger partial charge in [0.15, 0.2) is 0 Å². The molecule has 0 N–H and O–H groups in total. The van der Waals surface area contributed by atoms with Crippen LogP contribution >= 0.6 is 0 Å². The average molecular weight is 210 g/mol. The molecule has 0 fully saturated rings. The molecule has 0 aromatic carbocycles. The van der Waals surface area contributed by atoms with E-state index in [1.165, 1.54) is 13.8 Å². The van der Waals surface area contributed by atoms with E-state index in [0.29, 0.717) is 0 Å². The summed E-state index contributed by atoms with van der Waals surface area (Å²) in [7, 11) is 0. The zero-order valence-corrected chi connectivity index (χ0v) is 7.64. The summed E-state index contributed by atoms with van der Waals surface area (Å²) in [5.74, 6) is -0.125. The molecule has 2 nitrogen and oxygen atoms in total. The van der Waals surface area contributed by atoms with Crippen LogP contribution in [0.3, 0.4) is 0 Å². The van der Waals surface area contributed by atoms with E-state index < -0.39 is 0 Å². The SMILES string of the molecule is CC(=O)CC(C)=O.[Mn].[Mn]. The summed E-state index contributed by atoms with van der Waals surface area (Å²) in [6, 6.07) is 0. The Bertz CT molecular complexity index is 89.1. The Balaban J connectivity index is -0.000000180. The second-order valence-corrected chi connectivity index (χ2v) is 1.58. The molecule has 0 saturated carbocycles. The van der Waals surface area contributed by atoms with Gasteiger partial charge >= 0.3 is 0 Å². The fraction of sp³-hybridized carbons (Fsp3) is 0.600. The summed E-state index contributed by atoms with van der Waals surface area (Å²) in [6.07, 6.45) is 0.0833. The largest absolute Gasteiger partial charge is 0.300 e. The molecule has 0 heterocycles. The molecule has 0 aliphatic rings. The molecule has 54 valence electrons. The Morgan fingerprint density at radius 2 is 1.22 bits per heavy atom. The van der Waals surface area contributed by atoms with Gasteiger partial charge in [-0.15, -0.1) is 0 Å². The van der Waals surface area contributed by atoms with Crippen LogP contribution in [0.15, 0.2) is 0 Å². The van der Waals surface area contributed by atoms with E-state index in [0.717, 1.165) is 0 Å². The first-order valence-electron chi connectivity index (χ1n) is 2.12. The monoisotopic (exact) mass is 210 g/mol. The van der Waals surface area contributed by atoms with Crippen LogP contribution in [0.4, 0.5) is 0 Å². The zero-order chi connectivity index (χ0) is 5.86. The molecule has 0 amide bonds. The predicted molar refractivity (Wildman–Crippen MR) is 26.0 cm³/mol. The Kier molecular flexibility index (Phi) is 15.1. The van der Waals surface area contributed by atoms with Crippen molar-refractivity contribution in [3.8, 4) is 0 Å². The Labute approximate surface area is 75.7 Å². The first-order valence-corrected chi connectivity index (χ1v) is 2.12. The van der Waals surface area contributed by atoms with Crippen molar-refractivity contribution in [1.29, 1.82) is 0 Å². The van der Waals surface area contributed by atoms with Crippen molar-refractivity contribution in [3.63, 3.8) is 0 Å². The van der Waals surface area contributed by atoms with Crippen LogP contribution in [0.25, 0.3) is 0 Å². The topological polar surface area (TPSA) is 34.1 Å². The van der Waals surface area contributed by atoms with E-state index in [1.807, 2.05) is 0 Å². The van der Waals surface area contributed by atoms with Gasteiger partial charge in [-0.2, -0.15) is 0 Å². The summed E-state index contributed by atoms with van der Waals surface area (Å²) in [5, 5.41) is 0. The molecule has 0 aliphatic heterocycles. The maximum Gasteiger partial charge on any atom is 0.137 e. The normalized spacial score (nSPS) is 6.44. The van der Waals surface area contributed by atoms with Crippen molar-refractivity contribution >= 4 is 11.6 Å². The van der Waals surface area contributed by atoms with Gasteiger partial charge in [0.1, 0.15) is 11.6 Å². The maximum atomic E-state index is 10.0. The molecule has 0 spiro atoms. The zero-order valence-electron chi connectivity index (χ0n) is 5.28. The van der Waals surface area contributed by atoms with Crippen LogP contribution in [0.5, 0.6) is 0 Å². The van der Waals surface area contributed by atoms with Gasteiger partial charge in [0, 0.05) is 34.1 Å². The molecule has 0 aromatic rings. The maximum absolute atomic E-state index is 10.0. The van der Waals surface area contributed by atoms with Crippen LogP contribution in [-0.4, -0.2) is 11.6 Å². The number of hydrogen-bond acceptors (Lipinski definition) is 2. The molecule has 0 atom stereocenters. The van der Waals surface area contributed by atoms with Crippen LogP contribution in [0, 0.1) is 0 Å². The second kappa shape index (κ2) is 8.38. The minimum absolute atomic E-state index is 0. The predicted octanol–water partition coefficient (Wildman–Crippen LogP) is 0.549. The van der Waals surface area contributed by atoms with E-state index in [1.54, 1.807) is 0 Å². The van der Waals surface area contributed by atoms with Crippen LogP contribution < -0.4 is 0 Å². The van der Waals surface area contributed by atoms with E-state index in [9.17, 15) is 9.59 Å². The van der Waals surface area contributed by atoms with Crippen molar-refractivity contribution < 1.29 is 43.7 Å². The minimum atomic E-state index is -0.0625. The summed E-state index contributed by atoms with van der Waals surface area (Å²) in [4.78, 5) is 20.1. The van der Waals surface area contributed by atoms with Crippen molar-refractivity contribution in [2.24, 2.45) is 0 Å². The van der Waals surface area contributed by atoms with Crippen LogP contribution in [0.1, 0.15) is 20.3 Å². The molecular weight excluding hydrogens is 202 g/mol. The summed E-state index contributed by atoms with van der Waals surface area (Å²) < 4.78 is 0. The summed E-state index contributed by atoms with van der Waals surface area (Å²) in [6.45, 7) is 2.81. The molecule has 0 rings (SSSR count). The third kappa shape index (κ3) is 17.8. The van der Waals surface area contributed by atoms with Crippen molar-refractivity contribution in [1.82, 2.24) is 0 Å². The van der Waals surface area contributed by atoms with E-state index >= 15 is 0 Å². The summed E-state index contributed by atoms with van der Waals surface area (Å²) in [5.41, 5.74) is 0. The van der Waals surface area contributed by atoms with Crippen molar-refractivity contribution in [2.45, 2.75) is 20.3 Å². The molecule has 0 unspecified atom stereocenters. The Hall–Kier alpha value is 0.379. The Morgan fingerprint density at radius 1 is 1.00 bits per heavy atom. The molecule has 9 heavy (non-hydrogen) atoms. The Morgan fingerprint density at radius 3 is 1.22 bits per heavy atom. The van der Waals surface area contributed by atoms with Gasteiger partial charge in [-0.3, -0.25) is 9.59 Å². The van der Waals surface area contributed by atoms with Gasteiger partial charge in [-0.05, 0) is 13.8 Å². The molecule has 4 heteroatoms. The molecule has 0 aliphatic carbocycles. The van der Waals surface area contributed by atoms with Gasteiger partial charge in [-0.25, -0.2) is 0 Å². The number of hydrogen-bond donors (Lipinski definition) is 0. The van der Waals surface area contributed by atoms with Crippen molar-refractivity contribution in [3.05, 3.63) is 0 Å². The van der Waals surface area contributed by atoms with Crippen molar-refractivity contribution in [2.75, 3.05) is 0 Å². The first kappa shape index (κ1) is 16.2. The number of ketones is 2. The quantitative estimate of drug-likeness (QED) is 0.492. The molecule has 0 aromatic heterocycles. The fourth-order valence-corrected chi connectivity index (χ4v) is 0.351. The molecular formula is C5H8Mn2O2. The van der Waals surface area contributed by atoms with Gasteiger partial charge in [-0.1, -0.05) is 0 Å².